The highest BCUT2D eigenvalue weighted by Gasteiger charge is 2.24. The zero-order valence-corrected chi connectivity index (χ0v) is 12.9. The SMILES string of the molecule is CCN(Cc1ccncc1)c1snc(N)c1S(C)(=O)=O. The van der Waals surface area contributed by atoms with Crippen LogP contribution in [0.3, 0.4) is 0 Å². The molecule has 0 spiro atoms. The number of rotatable bonds is 5. The van der Waals surface area contributed by atoms with Crippen molar-refractivity contribution in [3.05, 3.63) is 30.1 Å². The number of nitrogens with two attached hydrogens (primary N) is 1. The average Bonchev–Trinajstić information content (AvgIpc) is 2.79. The second-order valence-electron chi connectivity index (χ2n) is 4.34. The van der Waals surface area contributed by atoms with Gasteiger partial charge < -0.3 is 10.6 Å². The van der Waals surface area contributed by atoms with Gasteiger partial charge in [-0.3, -0.25) is 4.98 Å². The fourth-order valence-corrected chi connectivity index (χ4v) is 4.14. The van der Waals surface area contributed by atoms with Gasteiger partial charge in [0.1, 0.15) is 9.90 Å². The van der Waals surface area contributed by atoms with Gasteiger partial charge in [0.25, 0.3) is 0 Å². The summed E-state index contributed by atoms with van der Waals surface area (Å²) in [5.41, 5.74) is 6.75. The summed E-state index contributed by atoms with van der Waals surface area (Å²) in [6, 6.07) is 3.79. The van der Waals surface area contributed by atoms with Gasteiger partial charge in [0.2, 0.25) is 0 Å². The predicted octanol–water partition coefficient (Wildman–Crippen LogP) is 1.55. The van der Waals surface area contributed by atoms with Gasteiger partial charge in [-0.25, -0.2) is 8.42 Å². The zero-order valence-electron chi connectivity index (χ0n) is 11.3. The van der Waals surface area contributed by atoms with E-state index in [-0.39, 0.29) is 10.7 Å². The number of nitrogens with zero attached hydrogens (tertiary/aromatic N) is 3. The maximum absolute atomic E-state index is 11.9. The maximum atomic E-state index is 11.9. The van der Waals surface area contributed by atoms with Crippen LogP contribution < -0.4 is 10.6 Å². The number of hydrogen-bond donors (Lipinski definition) is 1. The van der Waals surface area contributed by atoms with Crippen LogP contribution in [-0.2, 0) is 16.4 Å². The van der Waals surface area contributed by atoms with Crippen molar-refractivity contribution in [3.63, 3.8) is 0 Å². The summed E-state index contributed by atoms with van der Waals surface area (Å²) in [5.74, 6) is 0.0701. The van der Waals surface area contributed by atoms with Crippen molar-refractivity contribution in [3.8, 4) is 0 Å². The third-order valence-corrected chi connectivity index (χ3v) is 5.02. The Morgan fingerprint density at radius 1 is 1.35 bits per heavy atom. The van der Waals surface area contributed by atoms with Crippen LogP contribution in [0.2, 0.25) is 0 Å². The summed E-state index contributed by atoms with van der Waals surface area (Å²) in [7, 11) is -3.40. The molecule has 8 heteroatoms. The minimum atomic E-state index is -3.40. The Labute approximate surface area is 122 Å². The highest BCUT2D eigenvalue weighted by molar-refractivity contribution is 7.91. The molecule has 2 aromatic heterocycles. The molecule has 0 radical (unpaired) electrons. The van der Waals surface area contributed by atoms with E-state index in [9.17, 15) is 8.42 Å². The lowest BCUT2D eigenvalue weighted by molar-refractivity contribution is 0.602. The zero-order chi connectivity index (χ0) is 14.8. The van der Waals surface area contributed by atoms with Gasteiger partial charge in [-0.1, -0.05) is 0 Å². The topological polar surface area (TPSA) is 89.2 Å². The first kappa shape index (κ1) is 14.7. The Morgan fingerprint density at radius 3 is 2.55 bits per heavy atom. The van der Waals surface area contributed by atoms with Gasteiger partial charge in [0.05, 0.1) is 0 Å². The number of aromatic nitrogens is 2. The van der Waals surface area contributed by atoms with E-state index >= 15 is 0 Å². The van der Waals surface area contributed by atoms with Gasteiger partial charge in [-0.2, -0.15) is 4.37 Å². The quantitative estimate of drug-likeness (QED) is 0.901. The molecule has 0 aliphatic heterocycles. The third-order valence-electron chi connectivity index (χ3n) is 2.82. The molecule has 0 aliphatic rings. The number of pyridine rings is 1. The van der Waals surface area contributed by atoms with Gasteiger partial charge >= 0.3 is 0 Å². The molecule has 2 rings (SSSR count). The molecular weight excluding hydrogens is 296 g/mol. The summed E-state index contributed by atoms with van der Waals surface area (Å²) < 4.78 is 27.7. The highest BCUT2D eigenvalue weighted by atomic mass is 32.2. The fraction of sp³-hybridized carbons (Fsp3) is 0.333. The monoisotopic (exact) mass is 312 g/mol. The van der Waals surface area contributed by atoms with Crippen molar-refractivity contribution in [1.29, 1.82) is 0 Å². The molecule has 2 N–H and O–H groups in total. The molecule has 0 atom stereocenters. The van der Waals surface area contributed by atoms with Crippen LogP contribution in [0.25, 0.3) is 0 Å². The van der Waals surface area contributed by atoms with Crippen molar-refractivity contribution in [2.75, 3.05) is 23.4 Å². The maximum Gasteiger partial charge on any atom is 0.182 e. The fourth-order valence-electron chi connectivity index (χ4n) is 1.87. The Balaban J connectivity index is 2.39. The summed E-state index contributed by atoms with van der Waals surface area (Å²) in [5, 5.41) is 0.587. The van der Waals surface area contributed by atoms with E-state index in [2.05, 4.69) is 9.36 Å². The molecule has 20 heavy (non-hydrogen) atoms. The largest absolute Gasteiger partial charge is 0.382 e. The first-order valence-electron chi connectivity index (χ1n) is 6.02. The molecular formula is C12H16N4O2S2. The van der Waals surface area contributed by atoms with Crippen LogP contribution in [0.15, 0.2) is 29.4 Å². The molecule has 2 heterocycles. The number of hydrogen-bond acceptors (Lipinski definition) is 7. The molecule has 0 saturated heterocycles. The molecule has 0 aromatic carbocycles. The molecule has 0 amide bonds. The van der Waals surface area contributed by atoms with E-state index in [1.165, 1.54) is 0 Å². The Hall–Kier alpha value is -1.67. The Bertz CT molecular complexity index is 683. The lowest BCUT2D eigenvalue weighted by Gasteiger charge is -2.21. The molecule has 6 nitrogen and oxygen atoms in total. The standard InChI is InChI=1S/C12H16N4O2S2/c1-3-16(8-9-4-6-14-7-5-9)12-10(20(2,17)18)11(13)15-19-12/h4-7H,3,8H2,1-2H3,(H2,13,15). The van der Waals surface area contributed by atoms with E-state index in [4.69, 9.17) is 5.73 Å². The molecule has 0 saturated carbocycles. The average molecular weight is 312 g/mol. The normalized spacial score (nSPS) is 11.5. The van der Waals surface area contributed by atoms with Crippen molar-refractivity contribution in [2.24, 2.45) is 0 Å². The minimum Gasteiger partial charge on any atom is -0.382 e. The van der Waals surface area contributed by atoms with E-state index in [1.54, 1.807) is 12.4 Å². The van der Waals surface area contributed by atoms with Crippen LogP contribution in [0.5, 0.6) is 0 Å². The van der Waals surface area contributed by atoms with Crippen molar-refractivity contribution in [2.45, 2.75) is 18.4 Å². The Kier molecular flexibility index (Phi) is 4.24. The molecule has 108 valence electrons. The van der Waals surface area contributed by atoms with Crippen LogP contribution in [0.4, 0.5) is 10.8 Å². The van der Waals surface area contributed by atoms with Crippen molar-refractivity contribution < 1.29 is 8.42 Å². The highest BCUT2D eigenvalue weighted by Crippen LogP contribution is 2.35. The first-order valence-corrected chi connectivity index (χ1v) is 8.69. The van der Waals surface area contributed by atoms with Gasteiger partial charge in [0.15, 0.2) is 15.7 Å². The van der Waals surface area contributed by atoms with E-state index in [0.717, 1.165) is 23.4 Å². The van der Waals surface area contributed by atoms with Crippen LogP contribution in [0, 0.1) is 0 Å². The second-order valence-corrected chi connectivity index (χ2v) is 7.05. The van der Waals surface area contributed by atoms with E-state index in [0.29, 0.717) is 18.1 Å². The summed E-state index contributed by atoms with van der Waals surface area (Å²) in [4.78, 5) is 6.04. The van der Waals surface area contributed by atoms with Gasteiger partial charge in [-0.15, -0.1) is 0 Å². The molecule has 0 fully saturated rings. The van der Waals surface area contributed by atoms with Crippen LogP contribution in [-0.4, -0.2) is 30.6 Å². The summed E-state index contributed by atoms with van der Waals surface area (Å²) >= 11 is 1.11. The molecule has 2 aromatic rings. The van der Waals surface area contributed by atoms with E-state index < -0.39 is 9.84 Å². The van der Waals surface area contributed by atoms with Gasteiger partial charge in [0, 0.05) is 31.7 Å². The summed E-state index contributed by atoms with van der Waals surface area (Å²) in [6.07, 6.45) is 4.57. The smallest absolute Gasteiger partial charge is 0.182 e. The summed E-state index contributed by atoms with van der Waals surface area (Å²) in [6.45, 7) is 3.21. The van der Waals surface area contributed by atoms with Gasteiger partial charge in [-0.05, 0) is 36.2 Å². The molecule has 0 unspecified atom stereocenters. The lowest BCUT2D eigenvalue weighted by Crippen LogP contribution is -2.22. The number of nitrogen functional groups attached to an aromatic ring is 1. The number of sulfone groups is 1. The van der Waals surface area contributed by atoms with Crippen molar-refractivity contribution in [1.82, 2.24) is 9.36 Å². The lowest BCUT2D eigenvalue weighted by atomic mass is 10.2. The van der Waals surface area contributed by atoms with E-state index in [1.807, 2.05) is 24.0 Å². The minimum absolute atomic E-state index is 0.0701. The molecule has 0 aliphatic carbocycles. The third kappa shape index (κ3) is 3.07. The second kappa shape index (κ2) is 5.76. The Morgan fingerprint density at radius 2 is 2.00 bits per heavy atom. The molecule has 0 bridgehead atoms. The van der Waals surface area contributed by atoms with Crippen molar-refractivity contribution >= 4 is 32.2 Å². The first-order chi connectivity index (χ1) is 9.43. The predicted molar refractivity (Wildman–Crippen MR) is 80.6 cm³/mol. The number of anilines is 2. The van der Waals surface area contributed by atoms with Crippen LogP contribution >= 0.6 is 11.5 Å². The van der Waals surface area contributed by atoms with Crippen LogP contribution in [0.1, 0.15) is 12.5 Å².